The molecule has 1 unspecified atom stereocenters. The third-order valence-electron chi connectivity index (χ3n) is 3.43. The number of rotatable bonds is 4. The molecule has 1 aromatic carbocycles. The lowest BCUT2D eigenvalue weighted by atomic mass is 10.2. The maximum atomic E-state index is 11.8. The molecular weight excluding hydrogens is 280 g/mol. The molecule has 0 saturated heterocycles. The van der Waals surface area contributed by atoms with E-state index in [-0.39, 0.29) is 11.7 Å². The molecule has 1 aliphatic rings. The summed E-state index contributed by atoms with van der Waals surface area (Å²) in [4.78, 5) is 23.4. The molecule has 1 amide bonds. The van der Waals surface area contributed by atoms with E-state index in [1.165, 1.54) is 12.8 Å². The number of oxazole rings is 1. The number of amides is 1. The summed E-state index contributed by atoms with van der Waals surface area (Å²) in [5, 5.41) is 2.06. The molecule has 3 rings (SSSR count). The maximum Gasteiger partial charge on any atom is 0.419 e. The zero-order valence-corrected chi connectivity index (χ0v) is 11.8. The Hall–Kier alpha value is -1.75. The number of fused-ring (bicyclic) bond motifs is 1. The van der Waals surface area contributed by atoms with Crippen molar-refractivity contribution in [1.82, 2.24) is 4.57 Å². The number of alkyl halides is 1. The smallest absolute Gasteiger partial charge is 0.408 e. The topological polar surface area (TPSA) is 64.2 Å². The molecule has 1 atom stereocenters. The van der Waals surface area contributed by atoms with Crippen molar-refractivity contribution in [3.63, 3.8) is 0 Å². The molecule has 6 heteroatoms. The van der Waals surface area contributed by atoms with Gasteiger partial charge in [0, 0.05) is 18.3 Å². The molecule has 0 spiro atoms. The van der Waals surface area contributed by atoms with Gasteiger partial charge in [0.2, 0.25) is 5.91 Å². The summed E-state index contributed by atoms with van der Waals surface area (Å²) in [6.07, 6.45) is 2.34. The van der Waals surface area contributed by atoms with Crippen LogP contribution in [0.25, 0.3) is 11.1 Å². The zero-order valence-electron chi connectivity index (χ0n) is 11.1. The molecule has 1 aromatic heterocycles. The Balaban J connectivity index is 1.92. The fraction of sp³-hybridized carbons (Fsp3) is 0.429. The number of hydrogen-bond donors (Lipinski definition) is 1. The normalized spacial score (nSPS) is 16.3. The van der Waals surface area contributed by atoms with E-state index in [1.54, 1.807) is 29.7 Å². The number of carbonyl (C=O) groups is 1. The van der Waals surface area contributed by atoms with Crippen molar-refractivity contribution in [2.75, 3.05) is 5.32 Å². The molecule has 106 valence electrons. The molecule has 1 aliphatic carbocycles. The molecular formula is C14H15ClN2O3. The largest absolute Gasteiger partial charge is 0.419 e. The number of aromatic nitrogens is 1. The highest BCUT2D eigenvalue weighted by molar-refractivity contribution is 6.32. The van der Waals surface area contributed by atoms with E-state index < -0.39 is 5.38 Å². The highest BCUT2D eigenvalue weighted by Gasteiger charge is 2.24. The quantitative estimate of drug-likeness (QED) is 0.882. The van der Waals surface area contributed by atoms with Crippen molar-refractivity contribution >= 4 is 34.3 Å². The lowest BCUT2D eigenvalue weighted by Gasteiger charge is -2.06. The fourth-order valence-corrected chi connectivity index (χ4v) is 2.17. The third-order valence-corrected chi connectivity index (χ3v) is 3.63. The van der Waals surface area contributed by atoms with Crippen LogP contribution in [0.5, 0.6) is 0 Å². The first-order chi connectivity index (χ1) is 9.54. The van der Waals surface area contributed by atoms with Crippen LogP contribution in [0.15, 0.2) is 27.4 Å². The highest BCUT2D eigenvalue weighted by Crippen LogP contribution is 2.31. The first kappa shape index (κ1) is 13.2. The molecule has 0 bridgehead atoms. The lowest BCUT2D eigenvalue weighted by molar-refractivity contribution is -0.115. The second kappa shape index (κ2) is 4.98. The number of hydrogen-bond acceptors (Lipinski definition) is 3. The molecule has 20 heavy (non-hydrogen) atoms. The zero-order chi connectivity index (χ0) is 14.3. The van der Waals surface area contributed by atoms with E-state index in [2.05, 4.69) is 5.32 Å². The Morgan fingerprint density at radius 2 is 2.30 bits per heavy atom. The van der Waals surface area contributed by atoms with Gasteiger partial charge in [-0.05, 0) is 37.8 Å². The summed E-state index contributed by atoms with van der Waals surface area (Å²) in [5.74, 6) is -0.0446. The molecule has 1 N–H and O–H groups in total. The second-order valence-corrected chi connectivity index (χ2v) is 5.86. The SMILES string of the molecule is CC(Cl)C(=O)Nc1ccc2c(c1)oc(=O)n2CC1CC1. The Kier molecular flexibility index (Phi) is 3.30. The summed E-state index contributed by atoms with van der Waals surface area (Å²) < 4.78 is 6.89. The van der Waals surface area contributed by atoms with E-state index >= 15 is 0 Å². The molecule has 1 fully saturated rings. The number of nitrogens with zero attached hydrogens (tertiary/aromatic N) is 1. The van der Waals surface area contributed by atoms with Gasteiger partial charge >= 0.3 is 5.76 Å². The minimum Gasteiger partial charge on any atom is -0.408 e. The van der Waals surface area contributed by atoms with Crippen LogP contribution in [0.1, 0.15) is 19.8 Å². The van der Waals surface area contributed by atoms with Gasteiger partial charge in [-0.2, -0.15) is 0 Å². The minimum atomic E-state index is -0.614. The lowest BCUT2D eigenvalue weighted by Crippen LogP contribution is -2.20. The molecule has 2 aromatic rings. The Morgan fingerprint density at radius 1 is 1.55 bits per heavy atom. The van der Waals surface area contributed by atoms with E-state index in [0.29, 0.717) is 23.7 Å². The summed E-state index contributed by atoms with van der Waals surface area (Å²) in [5.41, 5.74) is 1.82. The number of nitrogens with one attached hydrogen (secondary N) is 1. The van der Waals surface area contributed by atoms with Crippen molar-refractivity contribution in [3.8, 4) is 0 Å². The van der Waals surface area contributed by atoms with E-state index in [1.807, 2.05) is 0 Å². The van der Waals surface area contributed by atoms with Gasteiger partial charge in [0.05, 0.1) is 5.52 Å². The van der Waals surface area contributed by atoms with Gasteiger partial charge in [0.1, 0.15) is 5.38 Å². The standard InChI is InChI=1S/C14H15ClN2O3/c1-8(15)13(18)16-10-4-5-11-12(6-10)20-14(19)17(11)7-9-2-3-9/h4-6,8-9H,2-3,7H2,1H3,(H,16,18). The van der Waals surface area contributed by atoms with Crippen LogP contribution in [-0.2, 0) is 11.3 Å². The Morgan fingerprint density at radius 3 is 2.95 bits per heavy atom. The van der Waals surface area contributed by atoms with Gasteiger partial charge in [-0.15, -0.1) is 11.6 Å². The van der Waals surface area contributed by atoms with Crippen LogP contribution in [0.4, 0.5) is 5.69 Å². The van der Waals surface area contributed by atoms with Crippen molar-refractivity contribution in [2.24, 2.45) is 5.92 Å². The number of carbonyl (C=O) groups excluding carboxylic acids is 1. The number of benzene rings is 1. The van der Waals surface area contributed by atoms with Gasteiger partial charge in [-0.25, -0.2) is 4.79 Å². The van der Waals surface area contributed by atoms with E-state index in [4.69, 9.17) is 16.0 Å². The van der Waals surface area contributed by atoms with Crippen molar-refractivity contribution < 1.29 is 9.21 Å². The van der Waals surface area contributed by atoms with Gasteiger partial charge in [0.15, 0.2) is 5.58 Å². The van der Waals surface area contributed by atoms with E-state index in [9.17, 15) is 9.59 Å². The fourth-order valence-electron chi connectivity index (χ4n) is 2.12. The van der Waals surface area contributed by atoms with Crippen molar-refractivity contribution in [2.45, 2.75) is 31.7 Å². The Labute approximate surface area is 120 Å². The van der Waals surface area contributed by atoms with Crippen LogP contribution in [0.3, 0.4) is 0 Å². The van der Waals surface area contributed by atoms with Gasteiger partial charge in [-0.3, -0.25) is 9.36 Å². The summed E-state index contributed by atoms with van der Waals surface area (Å²) >= 11 is 5.70. The Bertz CT molecular complexity index is 713. The molecule has 1 heterocycles. The monoisotopic (exact) mass is 294 g/mol. The molecule has 0 aliphatic heterocycles. The van der Waals surface area contributed by atoms with Crippen LogP contribution in [0.2, 0.25) is 0 Å². The number of halogens is 1. The predicted molar refractivity (Wildman–Crippen MR) is 77.1 cm³/mol. The molecule has 5 nitrogen and oxygen atoms in total. The number of anilines is 1. The average Bonchev–Trinajstić information content (AvgIpc) is 3.15. The van der Waals surface area contributed by atoms with Crippen LogP contribution in [-0.4, -0.2) is 15.9 Å². The van der Waals surface area contributed by atoms with Gasteiger partial charge < -0.3 is 9.73 Å². The molecule has 0 radical (unpaired) electrons. The first-order valence-electron chi connectivity index (χ1n) is 6.63. The van der Waals surface area contributed by atoms with Gasteiger partial charge in [0.25, 0.3) is 0 Å². The van der Waals surface area contributed by atoms with Crippen molar-refractivity contribution in [1.29, 1.82) is 0 Å². The maximum absolute atomic E-state index is 11.8. The van der Waals surface area contributed by atoms with E-state index in [0.717, 1.165) is 5.52 Å². The molecule has 1 saturated carbocycles. The van der Waals surface area contributed by atoms with Crippen LogP contribution >= 0.6 is 11.6 Å². The second-order valence-electron chi connectivity index (χ2n) is 5.21. The first-order valence-corrected chi connectivity index (χ1v) is 7.06. The average molecular weight is 295 g/mol. The summed E-state index contributed by atoms with van der Waals surface area (Å²) in [6.45, 7) is 2.30. The van der Waals surface area contributed by atoms with Crippen LogP contribution in [0, 0.1) is 5.92 Å². The van der Waals surface area contributed by atoms with Gasteiger partial charge in [-0.1, -0.05) is 0 Å². The minimum absolute atomic E-state index is 0.286. The highest BCUT2D eigenvalue weighted by atomic mass is 35.5. The summed E-state index contributed by atoms with van der Waals surface area (Å²) in [7, 11) is 0. The van der Waals surface area contributed by atoms with Crippen molar-refractivity contribution in [3.05, 3.63) is 28.7 Å². The third kappa shape index (κ3) is 2.58. The van der Waals surface area contributed by atoms with Crippen LogP contribution < -0.4 is 11.1 Å². The predicted octanol–water partition coefficient (Wildman–Crippen LogP) is 2.57. The summed E-state index contributed by atoms with van der Waals surface area (Å²) in [6, 6.07) is 5.19.